The van der Waals surface area contributed by atoms with Gasteiger partial charge < -0.3 is 9.47 Å². The van der Waals surface area contributed by atoms with E-state index in [2.05, 4.69) is 22.6 Å². The Hall–Kier alpha value is -2.06. The van der Waals surface area contributed by atoms with E-state index in [9.17, 15) is 4.79 Å². The Labute approximate surface area is 153 Å². The molecule has 3 rings (SSSR count). The SMILES string of the molecule is COc1ccccc1C1=C(I)CON1C(=O)OCc1ccccc1. The first-order chi connectivity index (χ1) is 11.7. The van der Waals surface area contributed by atoms with Crippen molar-refractivity contribution < 1.29 is 19.1 Å². The predicted molar refractivity (Wildman–Crippen MR) is 98.4 cm³/mol. The van der Waals surface area contributed by atoms with Gasteiger partial charge in [-0.2, -0.15) is 5.06 Å². The van der Waals surface area contributed by atoms with Crippen molar-refractivity contribution in [1.82, 2.24) is 5.06 Å². The van der Waals surface area contributed by atoms with Crippen LogP contribution in [0.3, 0.4) is 0 Å². The van der Waals surface area contributed by atoms with Crippen LogP contribution in [0, 0.1) is 0 Å². The molecule has 0 bridgehead atoms. The number of halogens is 1. The van der Waals surface area contributed by atoms with Crippen molar-refractivity contribution in [1.29, 1.82) is 0 Å². The van der Waals surface area contributed by atoms with Crippen molar-refractivity contribution in [3.05, 3.63) is 69.3 Å². The molecule has 0 atom stereocenters. The van der Waals surface area contributed by atoms with Crippen molar-refractivity contribution in [3.8, 4) is 5.75 Å². The summed E-state index contributed by atoms with van der Waals surface area (Å²) in [6.45, 7) is 0.518. The number of ether oxygens (including phenoxy) is 2. The highest BCUT2D eigenvalue weighted by atomic mass is 127. The highest BCUT2D eigenvalue weighted by Gasteiger charge is 2.32. The average Bonchev–Trinajstić information content (AvgIpc) is 3.02. The van der Waals surface area contributed by atoms with Gasteiger partial charge in [0, 0.05) is 9.14 Å². The summed E-state index contributed by atoms with van der Waals surface area (Å²) in [5.74, 6) is 0.674. The van der Waals surface area contributed by atoms with Crippen LogP contribution in [0.15, 0.2) is 58.2 Å². The number of amides is 1. The Morgan fingerprint density at radius 2 is 1.88 bits per heavy atom. The zero-order valence-corrected chi connectivity index (χ0v) is 15.2. The molecule has 1 aliphatic heterocycles. The molecule has 24 heavy (non-hydrogen) atoms. The first-order valence-corrected chi connectivity index (χ1v) is 8.44. The third kappa shape index (κ3) is 3.54. The third-order valence-corrected chi connectivity index (χ3v) is 4.34. The van der Waals surface area contributed by atoms with Crippen LogP contribution in [0.2, 0.25) is 0 Å². The van der Waals surface area contributed by atoms with E-state index >= 15 is 0 Å². The first kappa shape index (κ1) is 16.8. The summed E-state index contributed by atoms with van der Waals surface area (Å²) in [5.41, 5.74) is 2.37. The molecule has 0 saturated heterocycles. The number of methoxy groups -OCH3 is 1. The molecule has 1 aliphatic rings. The van der Waals surface area contributed by atoms with Gasteiger partial charge in [0.15, 0.2) is 0 Å². The molecule has 2 aromatic rings. The minimum Gasteiger partial charge on any atom is -0.496 e. The Kier molecular flexibility index (Phi) is 5.37. The quantitative estimate of drug-likeness (QED) is 0.667. The van der Waals surface area contributed by atoms with E-state index in [1.165, 1.54) is 5.06 Å². The molecule has 0 radical (unpaired) electrons. The van der Waals surface area contributed by atoms with Crippen molar-refractivity contribution in [2.75, 3.05) is 13.7 Å². The molecule has 0 N–H and O–H groups in total. The number of benzene rings is 2. The molecule has 5 nitrogen and oxygen atoms in total. The van der Waals surface area contributed by atoms with E-state index in [1.54, 1.807) is 7.11 Å². The Morgan fingerprint density at radius 3 is 2.62 bits per heavy atom. The largest absolute Gasteiger partial charge is 0.496 e. The summed E-state index contributed by atoms with van der Waals surface area (Å²) in [6, 6.07) is 17.0. The number of hydrogen-bond acceptors (Lipinski definition) is 4. The van der Waals surface area contributed by atoms with Crippen LogP contribution in [-0.2, 0) is 16.2 Å². The number of hydrogen-bond donors (Lipinski definition) is 0. The van der Waals surface area contributed by atoms with Crippen molar-refractivity contribution >= 4 is 34.4 Å². The molecule has 2 aromatic carbocycles. The normalized spacial score (nSPS) is 14.0. The minimum absolute atomic E-state index is 0.190. The molecular formula is C18H16INO4. The van der Waals surface area contributed by atoms with Gasteiger partial charge in [0.2, 0.25) is 0 Å². The van der Waals surface area contributed by atoms with Gasteiger partial charge in [-0.05, 0) is 40.3 Å². The molecule has 0 spiro atoms. The summed E-state index contributed by atoms with van der Waals surface area (Å²) in [6.07, 6.45) is -0.550. The maximum Gasteiger partial charge on any atom is 0.439 e. The third-order valence-electron chi connectivity index (χ3n) is 3.51. The maximum absolute atomic E-state index is 12.4. The van der Waals surface area contributed by atoms with Gasteiger partial charge in [0.1, 0.15) is 19.0 Å². The van der Waals surface area contributed by atoms with E-state index in [0.717, 1.165) is 14.7 Å². The van der Waals surface area contributed by atoms with Gasteiger partial charge in [-0.3, -0.25) is 4.84 Å². The lowest BCUT2D eigenvalue weighted by atomic mass is 10.1. The molecule has 1 heterocycles. The summed E-state index contributed by atoms with van der Waals surface area (Å²) in [7, 11) is 1.60. The maximum atomic E-state index is 12.4. The molecule has 1 amide bonds. The standard InChI is InChI=1S/C18H16INO4/c1-22-16-10-6-5-9-14(16)17-15(19)12-24-20(17)18(21)23-11-13-7-3-2-4-8-13/h2-10H,11-12H2,1H3. The molecule has 6 heteroatoms. The second kappa shape index (κ2) is 7.67. The molecule has 0 aromatic heterocycles. The molecule has 0 aliphatic carbocycles. The number of hydroxylamine groups is 2. The molecular weight excluding hydrogens is 421 g/mol. The lowest BCUT2D eigenvalue weighted by molar-refractivity contribution is -0.0691. The van der Waals surface area contributed by atoms with Crippen LogP contribution in [0.25, 0.3) is 5.70 Å². The van der Waals surface area contributed by atoms with Gasteiger partial charge in [-0.25, -0.2) is 4.79 Å². The zero-order valence-electron chi connectivity index (χ0n) is 13.1. The second-order valence-corrected chi connectivity index (χ2v) is 6.36. The summed E-state index contributed by atoms with van der Waals surface area (Å²) in [4.78, 5) is 18.0. The number of nitrogens with zero attached hydrogens (tertiary/aromatic N) is 1. The summed E-state index contributed by atoms with van der Waals surface area (Å²) >= 11 is 2.17. The van der Waals surface area contributed by atoms with E-state index in [-0.39, 0.29) is 6.61 Å². The van der Waals surface area contributed by atoms with Crippen LogP contribution in [0.5, 0.6) is 5.75 Å². The van der Waals surface area contributed by atoms with Gasteiger partial charge >= 0.3 is 6.09 Å². The molecule has 124 valence electrons. The van der Waals surface area contributed by atoms with Crippen LogP contribution in [0.4, 0.5) is 4.79 Å². The first-order valence-electron chi connectivity index (χ1n) is 7.36. The number of rotatable bonds is 4. The zero-order chi connectivity index (χ0) is 16.9. The van der Waals surface area contributed by atoms with Crippen molar-refractivity contribution in [2.45, 2.75) is 6.61 Å². The van der Waals surface area contributed by atoms with Crippen LogP contribution in [-0.4, -0.2) is 24.9 Å². The molecule has 0 unspecified atom stereocenters. The van der Waals surface area contributed by atoms with E-state index in [0.29, 0.717) is 18.1 Å². The lowest BCUT2D eigenvalue weighted by Gasteiger charge is -2.19. The predicted octanol–water partition coefficient (Wildman–Crippen LogP) is 4.38. The Bertz CT molecular complexity index is 761. The number of carbonyl (C=O) groups excluding carboxylic acids is 1. The highest BCUT2D eigenvalue weighted by molar-refractivity contribution is 14.1. The van der Waals surface area contributed by atoms with Crippen LogP contribution < -0.4 is 4.74 Å². The fourth-order valence-electron chi connectivity index (χ4n) is 2.38. The Morgan fingerprint density at radius 1 is 1.17 bits per heavy atom. The number of carbonyl (C=O) groups is 1. The average molecular weight is 437 g/mol. The smallest absolute Gasteiger partial charge is 0.439 e. The van der Waals surface area contributed by atoms with E-state index in [1.807, 2.05) is 54.6 Å². The van der Waals surface area contributed by atoms with E-state index in [4.69, 9.17) is 14.3 Å². The fourth-order valence-corrected chi connectivity index (χ4v) is 3.03. The lowest BCUT2D eigenvalue weighted by Crippen LogP contribution is -2.27. The van der Waals surface area contributed by atoms with Crippen molar-refractivity contribution in [3.63, 3.8) is 0 Å². The van der Waals surface area contributed by atoms with Gasteiger partial charge in [0.25, 0.3) is 0 Å². The summed E-state index contributed by atoms with van der Waals surface area (Å²) in [5, 5.41) is 1.20. The molecule has 0 fully saturated rings. The molecule has 0 saturated carbocycles. The van der Waals surface area contributed by atoms with Crippen molar-refractivity contribution in [2.24, 2.45) is 0 Å². The Balaban J connectivity index is 1.79. The highest BCUT2D eigenvalue weighted by Crippen LogP contribution is 2.37. The van der Waals surface area contributed by atoms with Gasteiger partial charge in [-0.15, -0.1) is 0 Å². The van der Waals surface area contributed by atoms with Gasteiger partial charge in [-0.1, -0.05) is 42.5 Å². The second-order valence-electron chi connectivity index (χ2n) is 5.06. The van der Waals surface area contributed by atoms with Crippen LogP contribution >= 0.6 is 22.6 Å². The van der Waals surface area contributed by atoms with Crippen LogP contribution in [0.1, 0.15) is 11.1 Å². The topological polar surface area (TPSA) is 48.0 Å². The fraction of sp³-hybridized carbons (Fsp3) is 0.167. The van der Waals surface area contributed by atoms with Gasteiger partial charge in [0.05, 0.1) is 12.8 Å². The number of para-hydroxylation sites is 1. The summed E-state index contributed by atoms with van der Waals surface area (Å²) < 4.78 is 11.7. The minimum atomic E-state index is -0.550. The van der Waals surface area contributed by atoms with E-state index < -0.39 is 6.09 Å². The monoisotopic (exact) mass is 437 g/mol.